The first kappa shape index (κ1) is 51.8. The molecule has 2 N–H and O–H groups in total. The maximum atomic E-state index is 13.1. The molecule has 0 aliphatic heterocycles. The molecule has 0 saturated heterocycles. The average molecular weight is 1080 g/mol. The predicted octanol–water partition coefficient (Wildman–Crippen LogP) is 20.4. The molecule has 408 valence electrons. The molecular weight excluding hydrogens is 1010 g/mol. The summed E-state index contributed by atoms with van der Waals surface area (Å²) in [6.45, 7) is 27.4. The van der Waals surface area contributed by atoms with E-state index in [1.807, 2.05) is 12.1 Å². The molecule has 0 amide bonds. The van der Waals surface area contributed by atoms with Crippen LogP contribution in [-0.4, -0.2) is 18.3 Å². The van der Waals surface area contributed by atoms with Gasteiger partial charge in [0.15, 0.2) is 0 Å². The average Bonchev–Trinajstić information content (AvgIpc) is 1.96. The maximum absolute atomic E-state index is 13.1. The normalized spacial score (nSPS) is 12.9. The van der Waals surface area contributed by atoms with E-state index in [0.29, 0.717) is 11.3 Å². The van der Waals surface area contributed by atoms with Gasteiger partial charge in [-0.1, -0.05) is 198 Å². The van der Waals surface area contributed by atoms with Crippen LogP contribution in [0, 0.1) is 11.3 Å². The van der Waals surface area contributed by atoms with Crippen molar-refractivity contribution >= 4 is 92.9 Å². The Morgan fingerprint density at radius 3 is 0.831 bits per heavy atom. The second-order valence-corrected chi connectivity index (χ2v) is 27.2. The van der Waals surface area contributed by atoms with Crippen LogP contribution in [-0.2, 0) is 21.7 Å². The Balaban J connectivity index is 1.34. The van der Waals surface area contributed by atoms with Gasteiger partial charge in [-0.3, -0.25) is 0 Å². The van der Waals surface area contributed by atoms with Gasteiger partial charge in [-0.05, 0) is 123 Å². The fourth-order valence-corrected chi connectivity index (χ4v) is 13.4. The number of nitrogens with zero attached hydrogens (tertiary/aromatic N) is 5. The Bertz CT molecular complexity index is 4800. The monoisotopic (exact) mass is 1080 g/mol. The largest absolute Gasteiger partial charge is 0.398 e. The van der Waals surface area contributed by atoms with Gasteiger partial charge in [0.1, 0.15) is 11.6 Å². The van der Waals surface area contributed by atoms with Crippen molar-refractivity contribution in [2.24, 2.45) is 0 Å². The third-order valence-corrected chi connectivity index (χ3v) is 17.8. The number of fused-ring (bicyclic) bond motifs is 12. The molecule has 83 heavy (non-hydrogen) atoms. The number of nitriles is 1. The number of aromatic nitrogens is 4. The van der Waals surface area contributed by atoms with E-state index >= 15 is 0 Å². The summed E-state index contributed by atoms with van der Waals surface area (Å²) in [6, 6.07) is 74.6. The van der Waals surface area contributed by atoms with Crippen LogP contribution >= 0.6 is 0 Å². The molecule has 0 aliphatic rings. The van der Waals surface area contributed by atoms with Gasteiger partial charge in [0, 0.05) is 59.9 Å². The van der Waals surface area contributed by atoms with Crippen molar-refractivity contribution in [3.8, 4) is 39.9 Å². The lowest BCUT2D eigenvalue weighted by Gasteiger charge is -2.30. The lowest BCUT2D eigenvalue weighted by molar-refractivity contribution is 0.591. The SMILES string of the molecule is CC(C)(C)c1ccc2c(c1)c1ccccc1n2-c1c(C#N)c(-n2c3ccccc3c3cc(C(C)(C)C)ccc32)c(-n2c3ccccc3c3cc(C(C)(C)C)ccc32)c(-c2ccccc2N)c1-n1c2ccccc2c2cc(C(C)(C)C)ccc21. The van der Waals surface area contributed by atoms with Gasteiger partial charge >= 0.3 is 0 Å². The highest BCUT2D eigenvalue weighted by molar-refractivity contribution is 6.18. The third-order valence-electron chi connectivity index (χ3n) is 17.8. The summed E-state index contributed by atoms with van der Waals surface area (Å²) in [5.74, 6) is 0. The summed E-state index contributed by atoms with van der Waals surface area (Å²) in [6.07, 6.45) is 0. The Morgan fingerprint density at radius 1 is 0.301 bits per heavy atom. The summed E-state index contributed by atoms with van der Waals surface area (Å²) in [5, 5.41) is 22.1. The van der Waals surface area contributed by atoms with Gasteiger partial charge < -0.3 is 24.0 Å². The topological polar surface area (TPSA) is 69.5 Å². The quantitative estimate of drug-likeness (QED) is 0.175. The van der Waals surface area contributed by atoms with Crippen LogP contribution in [0.3, 0.4) is 0 Å². The first-order valence-electron chi connectivity index (χ1n) is 29.3. The molecule has 0 aliphatic carbocycles. The molecular formula is C77H70N6. The van der Waals surface area contributed by atoms with E-state index in [1.54, 1.807) is 0 Å². The zero-order valence-electron chi connectivity index (χ0n) is 49.8. The van der Waals surface area contributed by atoms with Crippen LogP contribution in [0.2, 0.25) is 0 Å². The molecule has 14 aromatic rings. The van der Waals surface area contributed by atoms with E-state index in [2.05, 4.69) is 289 Å². The first-order chi connectivity index (χ1) is 39.6. The van der Waals surface area contributed by atoms with Gasteiger partial charge in [-0.25, -0.2) is 0 Å². The minimum atomic E-state index is -0.124. The number of hydrogen-bond donors (Lipinski definition) is 1. The Labute approximate surface area is 486 Å². The molecule has 0 bridgehead atoms. The zero-order chi connectivity index (χ0) is 57.8. The number of para-hydroxylation sites is 5. The zero-order valence-corrected chi connectivity index (χ0v) is 49.8. The highest BCUT2D eigenvalue weighted by Gasteiger charge is 2.36. The fourth-order valence-electron chi connectivity index (χ4n) is 13.4. The molecule has 14 rings (SSSR count). The van der Waals surface area contributed by atoms with E-state index in [1.165, 1.54) is 22.3 Å². The molecule has 0 radical (unpaired) electrons. The second-order valence-electron chi connectivity index (χ2n) is 27.2. The van der Waals surface area contributed by atoms with Crippen molar-refractivity contribution < 1.29 is 0 Å². The highest BCUT2D eigenvalue weighted by atomic mass is 15.1. The van der Waals surface area contributed by atoms with Crippen molar-refractivity contribution in [1.29, 1.82) is 5.26 Å². The smallest absolute Gasteiger partial charge is 0.104 e. The van der Waals surface area contributed by atoms with Crippen LogP contribution in [0.1, 0.15) is 111 Å². The lowest BCUT2D eigenvalue weighted by atomic mass is 9.86. The summed E-state index contributed by atoms with van der Waals surface area (Å²) in [5.41, 5.74) is 26.3. The van der Waals surface area contributed by atoms with E-state index in [-0.39, 0.29) is 21.7 Å². The lowest BCUT2D eigenvalue weighted by Crippen LogP contribution is -2.17. The molecule has 0 unspecified atom stereocenters. The van der Waals surface area contributed by atoms with Gasteiger partial charge in [0.05, 0.1) is 66.9 Å². The molecule has 6 nitrogen and oxygen atoms in total. The predicted molar refractivity (Wildman–Crippen MR) is 353 cm³/mol. The van der Waals surface area contributed by atoms with Gasteiger partial charge in [0.2, 0.25) is 0 Å². The summed E-state index contributed by atoms with van der Waals surface area (Å²) < 4.78 is 9.77. The standard InChI is InChI=1S/C77H70N6/c1-74(2,3)46-33-37-65-55(41-46)50-23-14-19-29-61(50)80(65)70-59(45-78)71(81-62-30-20-15-24-51(62)56-42-47(75(4,5)6)34-38-66(56)81)73(83-64-32-22-17-26-53(64)58-44-49(77(10,11)12)36-40-68(58)83)69(54-27-13-18-28-60(54)79)72(70)82-63-31-21-16-25-52(63)57-43-48(76(7,8)9)35-39-67(57)82/h13-44H,79H2,1-12H3. The van der Waals surface area contributed by atoms with Crippen LogP contribution in [0.4, 0.5) is 5.69 Å². The van der Waals surface area contributed by atoms with Gasteiger partial charge in [-0.15, -0.1) is 0 Å². The van der Waals surface area contributed by atoms with Crippen molar-refractivity contribution in [3.63, 3.8) is 0 Å². The minimum Gasteiger partial charge on any atom is -0.398 e. The Morgan fingerprint density at radius 2 is 0.554 bits per heavy atom. The summed E-state index contributed by atoms with van der Waals surface area (Å²) in [4.78, 5) is 0. The van der Waals surface area contributed by atoms with Crippen LogP contribution in [0.15, 0.2) is 194 Å². The van der Waals surface area contributed by atoms with E-state index in [4.69, 9.17) is 5.73 Å². The van der Waals surface area contributed by atoms with Gasteiger partial charge in [-0.2, -0.15) is 5.26 Å². The molecule has 6 heteroatoms. The number of nitrogen functional groups attached to an aromatic ring is 1. The highest BCUT2D eigenvalue weighted by Crippen LogP contribution is 2.53. The Hall–Kier alpha value is -9.31. The molecule has 0 fully saturated rings. The van der Waals surface area contributed by atoms with Crippen LogP contribution in [0.5, 0.6) is 0 Å². The summed E-state index contributed by atoms with van der Waals surface area (Å²) in [7, 11) is 0. The van der Waals surface area contributed by atoms with Crippen molar-refractivity contribution in [1.82, 2.24) is 18.3 Å². The van der Waals surface area contributed by atoms with E-state index < -0.39 is 0 Å². The van der Waals surface area contributed by atoms with Crippen molar-refractivity contribution in [3.05, 3.63) is 222 Å². The number of anilines is 1. The van der Waals surface area contributed by atoms with Gasteiger partial charge in [0.25, 0.3) is 0 Å². The first-order valence-corrected chi connectivity index (χ1v) is 29.3. The summed E-state index contributed by atoms with van der Waals surface area (Å²) >= 11 is 0. The fraction of sp³-hybridized carbons (Fsp3) is 0.208. The second kappa shape index (κ2) is 18.1. The molecule has 0 spiro atoms. The number of nitrogens with two attached hydrogens (primary N) is 1. The molecule has 0 atom stereocenters. The molecule has 4 aromatic heterocycles. The number of benzene rings is 10. The van der Waals surface area contributed by atoms with Crippen molar-refractivity contribution in [2.45, 2.75) is 105 Å². The number of hydrogen-bond acceptors (Lipinski definition) is 2. The van der Waals surface area contributed by atoms with Crippen LogP contribution in [0.25, 0.3) is 121 Å². The van der Waals surface area contributed by atoms with Crippen LogP contribution < -0.4 is 5.73 Å². The van der Waals surface area contributed by atoms with Crippen molar-refractivity contribution in [2.75, 3.05) is 5.73 Å². The Kier molecular flexibility index (Phi) is 11.3. The minimum absolute atomic E-state index is 0.122. The molecule has 4 heterocycles. The molecule has 0 saturated carbocycles. The maximum Gasteiger partial charge on any atom is 0.104 e. The number of rotatable bonds is 5. The molecule has 10 aromatic carbocycles. The van der Waals surface area contributed by atoms with E-state index in [9.17, 15) is 5.26 Å². The van der Waals surface area contributed by atoms with E-state index in [0.717, 1.165) is 121 Å². The third kappa shape index (κ3) is 7.81.